The lowest BCUT2D eigenvalue weighted by Gasteiger charge is -2.09. The lowest BCUT2D eigenvalue weighted by Crippen LogP contribution is -2.04. The molecule has 3 N–H and O–H groups in total. The minimum atomic E-state index is 0.812. The number of nitrogens with one attached hydrogen (secondary N) is 1. The predicted octanol–water partition coefficient (Wildman–Crippen LogP) is 3.98. The fourth-order valence-corrected chi connectivity index (χ4v) is 2.31. The molecule has 0 heterocycles. The van der Waals surface area contributed by atoms with Gasteiger partial charge in [-0.3, -0.25) is 0 Å². The molecule has 0 radical (unpaired) electrons. The van der Waals surface area contributed by atoms with Crippen molar-refractivity contribution in [2.24, 2.45) is 0 Å². The smallest absolute Gasteiger partial charge is 0.0585 e. The number of anilines is 2. The first-order valence-electron chi connectivity index (χ1n) is 5.52. The molecule has 0 unspecified atom stereocenters. The molecule has 0 aromatic heterocycles. The van der Waals surface area contributed by atoms with Crippen molar-refractivity contribution in [3.63, 3.8) is 0 Å². The predicted molar refractivity (Wildman–Crippen MR) is 79.3 cm³/mol. The number of nitrogens with two attached hydrogens (primary N) is 1. The molecule has 0 atom stereocenters. The van der Waals surface area contributed by atoms with Gasteiger partial charge in [0.1, 0.15) is 0 Å². The molecule has 0 aliphatic heterocycles. The van der Waals surface area contributed by atoms with Gasteiger partial charge in [-0.2, -0.15) is 11.8 Å². The summed E-state index contributed by atoms with van der Waals surface area (Å²) in [4.78, 5) is 0. The number of benzene rings is 1. The summed E-state index contributed by atoms with van der Waals surface area (Å²) in [5, 5.41) is 3.37. The molecule has 90 valence electrons. The van der Waals surface area contributed by atoms with Crippen LogP contribution in [0.2, 0.25) is 0 Å². The summed E-state index contributed by atoms with van der Waals surface area (Å²) in [7, 11) is 0. The molecule has 0 fully saturated rings. The second kappa shape index (κ2) is 7.85. The van der Waals surface area contributed by atoms with Gasteiger partial charge in [0.15, 0.2) is 0 Å². The van der Waals surface area contributed by atoms with Gasteiger partial charge in [-0.25, -0.2) is 0 Å². The molecule has 1 aromatic rings. The Morgan fingerprint density at radius 3 is 2.88 bits per heavy atom. The fraction of sp³-hybridized carbons (Fsp3) is 0.500. The van der Waals surface area contributed by atoms with Crippen LogP contribution in [0, 0.1) is 0 Å². The summed E-state index contributed by atoms with van der Waals surface area (Å²) in [6.45, 7) is 0.995. The zero-order chi connectivity index (χ0) is 11.8. The summed E-state index contributed by atoms with van der Waals surface area (Å²) in [5.41, 5.74) is 7.70. The van der Waals surface area contributed by atoms with Gasteiger partial charge in [-0.05, 0) is 43.0 Å². The van der Waals surface area contributed by atoms with Gasteiger partial charge in [-0.1, -0.05) is 22.4 Å². The topological polar surface area (TPSA) is 38.0 Å². The van der Waals surface area contributed by atoms with Gasteiger partial charge < -0.3 is 11.1 Å². The van der Waals surface area contributed by atoms with E-state index in [-0.39, 0.29) is 0 Å². The summed E-state index contributed by atoms with van der Waals surface area (Å²) in [6.07, 6.45) is 5.94. The van der Waals surface area contributed by atoms with Crippen molar-refractivity contribution in [3.8, 4) is 0 Å². The Morgan fingerprint density at radius 1 is 1.31 bits per heavy atom. The number of unbranched alkanes of at least 4 members (excludes halogenated alkanes) is 2. The SMILES string of the molecule is CSCCCCCNc1cc(Br)ccc1N. The van der Waals surface area contributed by atoms with Crippen molar-refractivity contribution in [3.05, 3.63) is 22.7 Å². The van der Waals surface area contributed by atoms with E-state index in [1.165, 1.54) is 25.0 Å². The molecular formula is C12H19BrN2S. The molecule has 1 rings (SSSR count). The lowest BCUT2D eigenvalue weighted by molar-refractivity contribution is 0.750. The van der Waals surface area contributed by atoms with E-state index in [0.717, 1.165) is 22.4 Å². The van der Waals surface area contributed by atoms with Crippen LogP contribution < -0.4 is 11.1 Å². The van der Waals surface area contributed by atoms with Crippen molar-refractivity contribution in [2.75, 3.05) is 29.6 Å². The van der Waals surface area contributed by atoms with Crippen molar-refractivity contribution in [1.29, 1.82) is 0 Å². The van der Waals surface area contributed by atoms with Crippen LogP contribution in [0.25, 0.3) is 0 Å². The van der Waals surface area contributed by atoms with Crippen molar-refractivity contribution >= 4 is 39.1 Å². The van der Waals surface area contributed by atoms with E-state index in [0.29, 0.717) is 0 Å². The van der Waals surface area contributed by atoms with Crippen LogP contribution >= 0.6 is 27.7 Å². The molecule has 0 aliphatic carbocycles. The molecular weight excluding hydrogens is 284 g/mol. The van der Waals surface area contributed by atoms with Crippen LogP contribution in [0.5, 0.6) is 0 Å². The number of thioether (sulfide) groups is 1. The van der Waals surface area contributed by atoms with E-state index in [2.05, 4.69) is 27.5 Å². The highest BCUT2D eigenvalue weighted by Gasteiger charge is 1.98. The number of hydrogen-bond acceptors (Lipinski definition) is 3. The Labute approximate surface area is 111 Å². The standard InChI is InChI=1S/C12H19BrN2S/c1-16-8-4-2-3-7-15-12-9-10(13)5-6-11(12)14/h5-6,9,15H,2-4,7-8,14H2,1H3. The second-order valence-corrected chi connectivity index (χ2v) is 5.61. The molecule has 0 saturated heterocycles. The van der Waals surface area contributed by atoms with E-state index in [1.54, 1.807) is 0 Å². The quantitative estimate of drug-likeness (QED) is 0.591. The van der Waals surface area contributed by atoms with Crippen LogP contribution in [0.1, 0.15) is 19.3 Å². The third-order valence-corrected chi connectivity index (χ3v) is 3.55. The Bertz CT molecular complexity index is 318. The molecule has 16 heavy (non-hydrogen) atoms. The summed E-state index contributed by atoms with van der Waals surface area (Å²) in [5.74, 6) is 1.26. The van der Waals surface area contributed by atoms with Crippen molar-refractivity contribution in [2.45, 2.75) is 19.3 Å². The number of nitrogen functional groups attached to an aromatic ring is 1. The van der Waals surface area contributed by atoms with Crippen LogP contribution in [-0.2, 0) is 0 Å². The number of halogens is 1. The third kappa shape index (κ3) is 5.12. The largest absolute Gasteiger partial charge is 0.397 e. The molecule has 0 aliphatic rings. The highest BCUT2D eigenvalue weighted by atomic mass is 79.9. The van der Waals surface area contributed by atoms with Crippen LogP contribution in [0.3, 0.4) is 0 Å². The molecule has 2 nitrogen and oxygen atoms in total. The fourth-order valence-electron chi connectivity index (χ4n) is 1.45. The van der Waals surface area contributed by atoms with E-state index in [4.69, 9.17) is 5.73 Å². The van der Waals surface area contributed by atoms with Gasteiger partial charge in [-0.15, -0.1) is 0 Å². The summed E-state index contributed by atoms with van der Waals surface area (Å²) >= 11 is 5.36. The molecule has 0 spiro atoms. The maximum atomic E-state index is 5.87. The minimum Gasteiger partial charge on any atom is -0.397 e. The maximum absolute atomic E-state index is 5.87. The van der Waals surface area contributed by atoms with E-state index in [9.17, 15) is 0 Å². The zero-order valence-corrected chi connectivity index (χ0v) is 12.0. The van der Waals surface area contributed by atoms with Gasteiger partial charge in [0.25, 0.3) is 0 Å². The first-order valence-corrected chi connectivity index (χ1v) is 7.70. The first-order chi connectivity index (χ1) is 7.74. The van der Waals surface area contributed by atoms with Gasteiger partial charge in [0, 0.05) is 11.0 Å². The molecule has 0 saturated carbocycles. The maximum Gasteiger partial charge on any atom is 0.0585 e. The van der Waals surface area contributed by atoms with Gasteiger partial charge >= 0.3 is 0 Å². The molecule has 4 heteroatoms. The minimum absolute atomic E-state index is 0.812. The molecule has 0 bridgehead atoms. The van der Waals surface area contributed by atoms with E-state index >= 15 is 0 Å². The van der Waals surface area contributed by atoms with Gasteiger partial charge in [0.05, 0.1) is 11.4 Å². The van der Waals surface area contributed by atoms with E-state index < -0.39 is 0 Å². The number of hydrogen-bond donors (Lipinski definition) is 2. The Kier molecular flexibility index (Phi) is 6.73. The number of rotatable bonds is 7. The molecule has 1 aromatic carbocycles. The Morgan fingerprint density at radius 2 is 2.12 bits per heavy atom. The third-order valence-electron chi connectivity index (χ3n) is 2.36. The average Bonchev–Trinajstić information content (AvgIpc) is 2.28. The summed E-state index contributed by atoms with van der Waals surface area (Å²) < 4.78 is 1.06. The normalized spacial score (nSPS) is 10.4. The van der Waals surface area contributed by atoms with Crippen LogP contribution in [0.4, 0.5) is 11.4 Å². The average molecular weight is 303 g/mol. The second-order valence-electron chi connectivity index (χ2n) is 3.71. The van der Waals surface area contributed by atoms with Crippen LogP contribution in [0.15, 0.2) is 22.7 Å². The first kappa shape index (κ1) is 13.7. The van der Waals surface area contributed by atoms with Crippen LogP contribution in [-0.4, -0.2) is 18.6 Å². The molecule has 0 amide bonds. The lowest BCUT2D eigenvalue weighted by atomic mass is 10.2. The highest BCUT2D eigenvalue weighted by Crippen LogP contribution is 2.23. The van der Waals surface area contributed by atoms with E-state index in [1.807, 2.05) is 30.0 Å². The van der Waals surface area contributed by atoms with Gasteiger partial charge in [0.2, 0.25) is 0 Å². The zero-order valence-electron chi connectivity index (χ0n) is 9.63. The Balaban J connectivity index is 2.23. The highest BCUT2D eigenvalue weighted by molar-refractivity contribution is 9.10. The monoisotopic (exact) mass is 302 g/mol. The Hall–Kier alpha value is -0.350. The van der Waals surface area contributed by atoms with Crippen molar-refractivity contribution < 1.29 is 0 Å². The summed E-state index contributed by atoms with van der Waals surface area (Å²) in [6, 6.07) is 5.90. The van der Waals surface area contributed by atoms with Crippen molar-refractivity contribution in [1.82, 2.24) is 0 Å².